The number of hydrogen-bond donors (Lipinski definition) is 0. The van der Waals surface area contributed by atoms with E-state index < -0.39 is 0 Å². The molecule has 0 aromatic carbocycles. The van der Waals surface area contributed by atoms with Crippen LogP contribution in [-0.2, 0) is 0 Å². The van der Waals surface area contributed by atoms with Crippen LogP contribution in [0.25, 0.3) is 0 Å². The van der Waals surface area contributed by atoms with E-state index >= 15 is 0 Å². The molecule has 76 valence electrons. The first-order valence-corrected chi connectivity index (χ1v) is 5.47. The van der Waals surface area contributed by atoms with Crippen LogP contribution in [-0.4, -0.2) is 11.6 Å². The Kier molecular flexibility index (Phi) is 3.25. The van der Waals surface area contributed by atoms with Crippen molar-refractivity contribution < 1.29 is 4.74 Å². The lowest BCUT2D eigenvalue weighted by Gasteiger charge is -2.09. The first kappa shape index (κ1) is 9.78. The molecule has 0 atom stereocenters. The van der Waals surface area contributed by atoms with Gasteiger partial charge in [-0.3, -0.25) is 0 Å². The number of nitrogens with zero attached hydrogens (tertiary/aromatic N) is 1. The predicted molar refractivity (Wildman–Crippen MR) is 56.7 cm³/mol. The van der Waals surface area contributed by atoms with E-state index in [1.54, 1.807) is 12.3 Å². The minimum absolute atomic E-state index is 0.651. The van der Waals surface area contributed by atoms with Gasteiger partial charge in [0.1, 0.15) is 0 Å². The summed E-state index contributed by atoms with van der Waals surface area (Å²) in [7, 11) is 0. The van der Waals surface area contributed by atoms with E-state index in [1.165, 1.54) is 25.7 Å². The molecule has 0 bridgehead atoms. The second-order valence-corrected chi connectivity index (χ2v) is 4.21. The smallest absolute Gasteiger partial charge is 0.213 e. The molecule has 0 saturated heterocycles. The van der Waals surface area contributed by atoms with Gasteiger partial charge < -0.3 is 4.74 Å². The van der Waals surface area contributed by atoms with Crippen LogP contribution in [0.5, 0.6) is 5.88 Å². The van der Waals surface area contributed by atoms with Gasteiger partial charge in [-0.15, -0.1) is 0 Å². The van der Waals surface area contributed by atoms with Crippen LogP contribution >= 0.6 is 11.6 Å². The van der Waals surface area contributed by atoms with Gasteiger partial charge in [0.15, 0.2) is 0 Å². The molecule has 0 spiro atoms. The summed E-state index contributed by atoms with van der Waals surface area (Å²) in [5.74, 6) is 1.41. The topological polar surface area (TPSA) is 22.1 Å². The van der Waals surface area contributed by atoms with Crippen molar-refractivity contribution in [1.82, 2.24) is 4.98 Å². The molecule has 1 aromatic rings. The van der Waals surface area contributed by atoms with Crippen LogP contribution in [0.2, 0.25) is 5.02 Å². The van der Waals surface area contributed by atoms with Crippen LogP contribution in [0.1, 0.15) is 25.7 Å². The van der Waals surface area contributed by atoms with Gasteiger partial charge in [-0.25, -0.2) is 4.98 Å². The van der Waals surface area contributed by atoms with E-state index in [0.29, 0.717) is 10.9 Å². The zero-order valence-corrected chi connectivity index (χ0v) is 8.83. The summed E-state index contributed by atoms with van der Waals surface area (Å²) in [5.41, 5.74) is 0. The number of ether oxygens (including phenoxy) is 1. The Morgan fingerprint density at radius 2 is 2.14 bits per heavy atom. The summed E-state index contributed by atoms with van der Waals surface area (Å²) in [6, 6.07) is 3.62. The quantitative estimate of drug-likeness (QED) is 0.766. The van der Waals surface area contributed by atoms with E-state index in [-0.39, 0.29) is 0 Å². The third-order valence-electron chi connectivity index (χ3n) is 2.64. The summed E-state index contributed by atoms with van der Waals surface area (Å²) in [6.45, 7) is 0.800. The second-order valence-electron chi connectivity index (χ2n) is 3.78. The SMILES string of the molecule is Clc1ccc(OCC2CCCC2)nc1. The Morgan fingerprint density at radius 1 is 1.36 bits per heavy atom. The largest absolute Gasteiger partial charge is 0.477 e. The van der Waals surface area contributed by atoms with Gasteiger partial charge in [0.25, 0.3) is 0 Å². The Hall–Kier alpha value is -0.760. The minimum Gasteiger partial charge on any atom is -0.477 e. The molecule has 2 nitrogen and oxygen atoms in total. The zero-order chi connectivity index (χ0) is 9.80. The Labute approximate surface area is 89.3 Å². The first-order valence-electron chi connectivity index (χ1n) is 5.09. The van der Waals surface area contributed by atoms with Crippen molar-refractivity contribution in [2.75, 3.05) is 6.61 Å². The lowest BCUT2D eigenvalue weighted by Crippen LogP contribution is -2.08. The van der Waals surface area contributed by atoms with Crippen LogP contribution in [0.3, 0.4) is 0 Å². The molecular weight excluding hydrogens is 198 g/mol. The van der Waals surface area contributed by atoms with Crippen molar-refractivity contribution in [3.63, 3.8) is 0 Å². The molecule has 1 fully saturated rings. The fourth-order valence-electron chi connectivity index (χ4n) is 1.83. The molecule has 1 aliphatic carbocycles. The van der Waals surface area contributed by atoms with Crippen LogP contribution in [0.15, 0.2) is 18.3 Å². The van der Waals surface area contributed by atoms with Crippen molar-refractivity contribution in [2.45, 2.75) is 25.7 Å². The molecule has 0 aliphatic heterocycles. The van der Waals surface area contributed by atoms with Gasteiger partial charge in [0.2, 0.25) is 5.88 Å². The van der Waals surface area contributed by atoms with E-state index in [4.69, 9.17) is 16.3 Å². The highest BCUT2D eigenvalue weighted by atomic mass is 35.5. The monoisotopic (exact) mass is 211 g/mol. The summed E-state index contributed by atoms with van der Waals surface area (Å²) in [6.07, 6.45) is 6.91. The second kappa shape index (κ2) is 4.65. The minimum atomic E-state index is 0.651. The van der Waals surface area contributed by atoms with Crippen molar-refractivity contribution in [3.05, 3.63) is 23.4 Å². The fraction of sp³-hybridized carbons (Fsp3) is 0.545. The number of aromatic nitrogens is 1. The number of pyridine rings is 1. The Morgan fingerprint density at radius 3 is 2.79 bits per heavy atom. The molecule has 2 rings (SSSR count). The molecule has 0 amide bonds. The lowest BCUT2D eigenvalue weighted by atomic mass is 10.1. The maximum absolute atomic E-state index is 5.72. The molecule has 1 saturated carbocycles. The Bertz CT molecular complexity index is 280. The molecule has 14 heavy (non-hydrogen) atoms. The molecule has 1 aliphatic rings. The highest BCUT2D eigenvalue weighted by Gasteiger charge is 2.15. The van der Waals surface area contributed by atoms with Crippen molar-refractivity contribution in [2.24, 2.45) is 5.92 Å². The van der Waals surface area contributed by atoms with Crippen molar-refractivity contribution in [3.8, 4) is 5.88 Å². The third kappa shape index (κ3) is 2.61. The van der Waals surface area contributed by atoms with Gasteiger partial charge in [-0.2, -0.15) is 0 Å². The van der Waals surface area contributed by atoms with Gasteiger partial charge in [-0.1, -0.05) is 24.4 Å². The lowest BCUT2D eigenvalue weighted by molar-refractivity contribution is 0.243. The maximum atomic E-state index is 5.72. The zero-order valence-electron chi connectivity index (χ0n) is 8.08. The van der Waals surface area contributed by atoms with Crippen molar-refractivity contribution >= 4 is 11.6 Å². The van der Waals surface area contributed by atoms with Gasteiger partial charge in [0.05, 0.1) is 11.6 Å². The van der Waals surface area contributed by atoms with E-state index in [9.17, 15) is 0 Å². The third-order valence-corrected chi connectivity index (χ3v) is 2.87. The Balaban J connectivity index is 1.82. The summed E-state index contributed by atoms with van der Waals surface area (Å²) in [5, 5.41) is 0.651. The van der Waals surface area contributed by atoms with E-state index in [2.05, 4.69) is 4.98 Å². The van der Waals surface area contributed by atoms with Crippen molar-refractivity contribution in [1.29, 1.82) is 0 Å². The average molecular weight is 212 g/mol. The highest BCUT2D eigenvalue weighted by molar-refractivity contribution is 6.30. The van der Waals surface area contributed by atoms with E-state index in [0.717, 1.165) is 12.5 Å². The number of hydrogen-bond acceptors (Lipinski definition) is 2. The van der Waals surface area contributed by atoms with Gasteiger partial charge >= 0.3 is 0 Å². The number of halogens is 1. The molecule has 0 N–H and O–H groups in total. The molecular formula is C11H14ClNO. The summed E-state index contributed by atoms with van der Waals surface area (Å²) >= 11 is 5.72. The average Bonchev–Trinajstić information content (AvgIpc) is 2.70. The van der Waals surface area contributed by atoms with Gasteiger partial charge in [-0.05, 0) is 24.8 Å². The molecule has 0 radical (unpaired) electrons. The summed E-state index contributed by atoms with van der Waals surface area (Å²) < 4.78 is 5.58. The van der Waals surface area contributed by atoms with Crippen LogP contribution in [0.4, 0.5) is 0 Å². The maximum Gasteiger partial charge on any atom is 0.213 e. The molecule has 0 unspecified atom stereocenters. The van der Waals surface area contributed by atoms with E-state index in [1.807, 2.05) is 6.07 Å². The van der Waals surface area contributed by atoms with Gasteiger partial charge in [0, 0.05) is 12.3 Å². The standard InChI is InChI=1S/C11H14ClNO/c12-10-5-6-11(13-7-10)14-8-9-3-1-2-4-9/h5-7,9H,1-4,8H2. The van der Waals surface area contributed by atoms with Crippen LogP contribution in [0, 0.1) is 5.92 Å². The predicted octanol–water partition coefficient (Wildman–Crippen LogP) is 3.30. The molecule has 1 aromatic heterocycles. The number of rotatable bonds is 3. The molecule has 3 heteroatoms. The van der Waals surface area contributed by atoms with Crippen LogP contribution < -0.4 is 4.74 Å². The summed E-state index contributed by atoms with van der Waals surface area (Å²) in [4.78, 5) is 4.09. The first-order chi connectivity index (χ1) is 6.84. The molecule has 1 heterocycles. The normalized spacial score (nSPS) is 17.2. The highest BCUT2D eigenvalue weighted by Crippen LogP contribution is 2.25. The fourth-order valence-corrected chi connectivity index (χ4v) is 1.94.